The van der Waals surface area contributed by atoms with Crippen molar-refractivity contribution in [1.29, 1.82) is 0 Å². The molecule has 2 aromatic rings. The van der Waals surface area contributed by atoms with Crippen molar-refractivity contribution in [2.75, 3.05) is 39.1 Å². The highest BCUT2D eigenvalue weighted by atomic mass is 16.5. The van der Waals surface area contributed by atoms with Gasteiger partial charge in [-0.25, -0.2) is 0 Å². The number of amides is 3. The number of anilines is 1. The van der Waals surface area contributed by atoms with Crippen LogP contribution in [-0.4, -0.2) is 67.3 Å². The van der Waals surface area contributed by atoms with Crippen LogP contribution in [-0.2, 0) is 14.3 Å². The number of esters is 1. The lowest BCUT2D eigenvalue weighted by Crippen LogP contribution is -2.43. The number of hydrogen-bond donors (Lipinski definition) is 1. The minimum atomic E-state index is -0.619. The van der Waals surface area contributed by atoms with Crippen LogP contribution in [0.1, 0.15) is 34.1 Å². The molecule has 1 aliphatic heterocycles. The average Bonchev–Trinajstić information content (AvgIpc) is 2.65. The summed E-state index contributed by atoms with van der Waals surface area (Å²) in [4.78, 5) is 52.6. The Kier molecular flexibility index (Phi) is 5.93. The summed E-state index contributed by atoms with van der Waals surface area (Å²) in [5, 5.41) is 3.88. The number of hydrogen-bond acceptors (Lipinski definition) is 6. The largest absolute Gasteiger partial charge is 0.466 e. The van der Waals surface area contributed by atoms with Gasteiger partial charge in [0.15, 0.2) is 0 Å². The molecule has 3 rings (SSSR count). The second kappa shape index (κ2) is 8.40. The summed E-state index contributed by atoms with van der Waals surface area (Å²) in [7, 11) is 3.73. The molecule has 152 valence electrons. The summed E-state index contributed by atoms with van der Waals surface area (Å²) in [5.74, 6) is -1.88. The summed E-state index contributed by atoms with van der Waals surface area (Å²) in [6.07, 6.45) is -0.414. The number of imide groups is 1. The number of likely N-dealkylation sites (N-methyl/N-ethyl adjacent to an activating group) is 1. The van der Waals surface area contributed by atoms with Crippen molar-refractivity contribution in [3.8, 4) is 0 Å². The fourth-order valence-corrected chi connectivity index (χ4v) is 3.28. The van der Waals surface area contributed by atoms with E-state index >= 15 is 0 Å². The molecule has 0 saturated heterocycles. The highest BCUT2D eigenvalue weighted by molar-refractivity contribution is 6.26. The number of ether oxygens (including phenoxy) is 1. The van der Waals surface area contributed by atoms with Gasteiger partial charge in [-0.2, -0.15) is 0 Å². The highest BCUT2D eigenvalue weighted by Crippen LogP contribution is 2.32. The third-order valence-corrected chi connectivity index (χ3v) is 4.59. The third kappa shape index (κ3) is 4.27. The SMILES string of the molecule is CCOC(=O)CC(=O)Nc1cc2c3c(cccc3c1)C(=O)N(CCN(C)C)C2=O. The Bertz CT molecular complexity index is 999. The summed E-state index contributed by atoms with van der Waals surface area (Å²) in [5.41, 5.74) is 1.19. The van der Waals surface area contributed by atoms with Gasteiger partial charge >= 0.3 is 5.97 Å². The molecular formula is C21H23N3O5. The topological polar surface area (TPSA) is 96.0 Å². The average molecular weight is 397 g/mol. The third-order valence-electron chi connectivity index (χ3n) is 4.59. The zero-order chi connectivity index (χ0) is 21.1. The molecule has 0 radical (unpaired) electrons. The smallest absolute Gasteiger partial charge is 0.315 e. The van der Waals surface area contributed by atoms with E-state index in [1.807, 2.05) is 19.0 Å². The zero-order valence-corrected chi connectivity index (χ0v) is 16.7. The van der Waals surface area contributed by atoms with Crippen LogP contribution in [0, 0.1) is 0 Å². The van der Waals surface area contributed by atoms with Gasteiger partial charge < -0.3 is 15.0 Å². The van der Waals surface area contributed by atoms with Crippen molar-refractivity contribution in [3.63, 3.8) is 0 Å². The summed E-state index contributed by atoms with van der Waals surface area (Å²) in [6.45, 7) is 2.66. The second-order valence-electron chi connectivity index (χ2n) is 7.02. The van der Waals surface area contributed by atoms with Gasteiger partial charge in [0.1, 0.15) is 6.42 Å². The van der Waals surface area contributed by atoms with Gasteiger partial charge in [-0.1, -0.05) is 12.1 Å². The molecule has 8 heteroatoms. The number of carbonyl (C=O) groups is 4. The van der Waals surface area contributed by atoms with Crippen molar-refractivity contribution >= 4 is 40.2 Å². The van der Waals surface area contributed by atoms with Gasteiger partial charge in [0.25, 0.3) is 11.8 Å². The molecule has 1 heterocycles. The van der Waals surface area contributed by atoms with Gasteiger partial charge in [0.2, 0.25) is 5.91 Å². The van der Waals surface area contributed by atoms with Crippen molar-refractivity contribution in [2.24, 2.45) is 0 Å². The minimum Gasteiger partial charge on any atom is -0.466 e. The van der Waals surface area contributed by atoms with Crippen molar-refractivity contribution in [1.82, 2.24) is 9.80 Å². The molecule has 29 heavy (non-hydrogen) atoms. The predicted molar refractivity (Wildman–Crippen MR) is 108 cm³/mol. The standard InChI is InChI=1S/C21H23N3O5/c1-4-29-18(26)12-17(25)22-14-10-13-6-5-7-15-19(13)16(11-14)21(28)24(20(15)27)9-8-23(2)3/h5-7,10-11H,4,8-9,12H2,1-3H3,(H,22,25). The van der Waals surface area contributed by atoms with Gasteiger partial charge in [0.05, 0.1) is 12.2 Å². The lowest BCUT2D eigenvalue weighted by molar-refractivity contribution is -0.145. The predicted octanol–water partition coefficient (Wildman–Crippen LogP) is 1.89. The maximum atomic E-state index is 13.0. The molecule has 0 fully saturated rings. The number of benzene rings is 2. The first kappa shape index (κ1) is 20.5. The molecule has 0 spiro atoms. The number of rotatable bonds is 7. The normalized spacial score (nSPS) is 13.2. The van der Waals surface area contributed by atoms with Gasteiger partial charge in [-0.05, 0) is 44.6 Å². The first-order chi connectivity index (χ1) is 13.8. The summed E-state index contributed by atoms with van der Waals surface area (Å²) >= 11 is 0. The maximum Gasteiger partial charge on any atom is 0.315 e. The first-order valence-electron chi connectivity index (χ1n) is 9.35. The molecule has 0 saturated carbocycles. The molecule has 0 unspecified atom stereocenters. The van der Waals surface area contributed by atoms with E-state index in [9.17, 15) is 19.2 Å². The Balaban J connectivity index is 1.95. The Morgan fingerprint density at radius 1 is 1.10 bits per heavy atom. The van der Waals surface area contributed by atoms with Gasteiger partial charge in [0, 0.05) is 29.7 Å². The molecule has 2 aromatic carbocycles. The lowest BCUT2D eigenvalue weighted by Gasteiger charge is -2.28. The fourth-order valence-electron chi connectivity index (χ4n) is 3.28. The Morgan fingerprint density at radius 2 is 1.83 bits per heavy atom. The van der Waals surface area contributed by atoms with Crippen LogP contribution >= 0.6 is 0 Å². The van der Waals surface area contributed by atoms with Crippen LogP contribution in [0.15, 0.2) is 30.3 Å². The van der Waals surface area contributed by atoms with Gasteiger partial charge in [-0.15, -0.1) is 0 Å². The molecule has 1 N–H and O–H groups in total. The van der Waals surface area contributed by atoms with Crippen LogP contribution in [0.5, 0.6) is 0 Å². The molecular weight excluding hydrogens is 374 g/mol. The quantitative estimate of drug-likeness (QED) is 0.435. The minimum absolute atomic E-state index is 0.195. The fraction of sp³-hybridized carbons (Fsp3) is 0.333. The number of carbonyl (C=O) groups excluding carboxylic acids is 4. The Labute approximate surface area is 168 Å². The van der Waals surface area contributed by atoms with E-state index in [1.54, 1.807) is 37.3 Å². The monoisotopic (exact) mass is 397 g/mol. The number of nitrogens with zero attached hydrogens (tertiary/aromatic N) is 2. The van der Waals surface area contributed by atoms with Crippen LogP contribution < -0.4 is 5.32 Å². The molecule has 0 bridgehead atoms. The lowest BCUT2D eigenvalue weighted by atomic mass is 9.93. The van der Waals surface area contributed by atoms with E-state index in [-0.39, 0.29) is 19.1 Å². The van der Waals surface area contributed by atoms with Crippen molar-refractivity contribution < 1.29 is 23.9 Å². The van der Waals surface area contributed by atoms with Crippen LogP contribution in [0.25, 0.3) is 10.8 Å². The molecule has 1 aliphatic rings. The van der Waals surface area contributed by atoms with E-state index < -0.39 is 24.2 Å². The first-order valence-corrected chi connectivity index (χ1v) is 9.35. The van der Waals surface area contributed by atoms with Gasteiger partial charge in [-0.3, -0.25) is 24.1 Å². The van der Waals surface area contributed by atoms with Crippen LogP contribution in [0.3, 0.4) is 0 Å². The summed E-state index contributed by atoms with van der Waals surface area (Å²) < 4.78 is 4.78. The van der Waals surface area contributed by atoms with E-state index in [0.717, 1.165) is 0 Å². The van der Waals surface area contributed by atoms with E-state index in [2.05, 4.69) is 5.32 Å². The molecule has 0 aromatic heterocycles. The Hall–Kier alpha value is -3.26. The van der Waals surface area contributed by atoms with E-state index in [0.29, 0.717) is 34.1 Å². The second-order valence-corrected chi connectivity index (χ2v) is 7.02. The van der Waals surface area contributed by atoms with Crippen LogP contribution in [0.2, 0.25) is 0 Å². The van der Waals surface area contributed by atoms with E-state index in [4.69, 9.17) is 4.74 Å². The molecule has 0 atom stereocenters. The van der Waals surface area contributed by atoms with E-state index in [1.165, 1.54) is 4.90 Å². The zero-order valence-electron chi connectivity index (χ0n) is 16.7. The summed E-state index contributed by atoms with van der Waals surface area (Å²) in [6, 6.07) is 8.44. The van der Waals surface area contributed by atoms with Crippen molar-refractivity contribution in [2.45, 2.75) is 13.3 Å². The highest BCUT2D eigenvalue weighted by Gasteiger charge is 2.33. The Morgan fingerprint density at radius 3 is 2.52 bits per heavy atom. The van der Waals surface area contributed by atoms with Crippen molar-refractivity contribution in [3.05, 3.63) is 41.5 Å². The molecule has 8 nitrogen and oxygen atoms in total. The molecule has 3 amide bonds. The number of nitrogens with one attached hydrogen (secondary N) is 1. The molecule has 0 aliphatic carbocycles. The van der Waals surface area contributed by atoms with Crippen LogP contribution in [0.4, 0.5) is 5.69 Å². The maximum absolute atomic E-state index is 13.0.